The van der Waals surface area contributed by atoms with Crippen LogP contribution in [0.4, 0.5) is 4.79 Å². The molecule has 7 heteroatoms. The minimum absolute atomic E-state index is 0.205. The summed E-state index contributed by atoms with van der Waals surface area (Å²) in [6.07, 6.45) is 3.94. The lowest BCUT2D eigenvalue weighted by Gasteiger charge is -2.43. The Balaban J connectivity index is 1.56. The summed E-state index contributed by atoms with van der Waals surface area (Å²) in [6, 6.07) is 17.8. The van der Waals surface area contributed by atoms with Crippen LogP contribution in [0.25, 0.3) is 33.4 Å². The van der Waals surface area contributed by atoms with E-state index in [1.165, 1.54) is 0 Å². The average molecular weight is 535 g/mol. The number of halogens is 1. The number of aromatic nitrogens is 1. The van der Waals surface area contributed by atoms with Crippen LogP contribution in [-0.4, -0.2) is 16.7 Å². The minimum atomic E-state index is -0.555. The van der Waals surface area contributed by atoms with Crippen molar-refractivity contribution in [3.05, 3.63) is 81.2 Å². The van der Waals surface area contributed by atoms with Gasteiger partial charge < -0.3 is 19.5 Å². The molecule has 1 amide bonds. The summed E-state index contributed by atoms with van der Waals surface area (Å²) in [6.45, 7) is 5.57. The predicted molar refractivity (Wildman–Crippen MR) is 140 cm³/mol. The number of furan rings is 1. The molecule has 0 spiro atoms. The highest BCUT2D eigenvalue weighted by molar-refractivity contribution is 9.10. The van der Waals surface area contributed by atoms with E-state index in [0.717, 1.165) is 41.5 Å². The predicted octanol–water partition coefficient (Wildman–Crippen LogP) is 7.12. The number of hydrogen-bond acceptors (Lipinski definition) is 4. The van der Waals surface area contributed by atoms with Crippen molar-refractivity contribution in [2.24, 2.45) is 0 Å². The summed E-state index contributed by atoms with van der Waals surface area (Å²) in [5.74, 6) is 0.623. The SMILES string of the molecule is CC(C)(C)OC(=O)NC1(c2ccc(-c3oc4c(Br)c[nH]c(=O)c4c3-c3ccccc3)cc2)CCC1. The van der Waals surface area contributed by atoms with E-state index in [0.29, 0.717) is 21.2 Å². The van der Waals surface area contributed by atoms with Crippen LogP contribution in [-0.2, 0) is 10.3 Å². The van der Waals surface area contributed by atoms with Crippen molar-refractivity contribution in [1.82, 2.24) is 10.3 Å². The molecular weight excluding hydrogens is 508 g/mol. The highest BCUT2D eigenvalue weighted by Gasteiger charge is 2.41. The molecule has 2 N–H and O–H groups in total. The van der Waals surface area contributed by atoms with E-state index in [1.54, 1.807) is 6.20 Å². The summed E-state index contributed by atoms with van der Waals surface area (Å²) < 4.78 is 12.5. The second kappa shape index (κ2) is 8.72. The van der Waals surface area contributed by atoms with Crippen LogP contribution in [0, 0.1) is 0 Å². The van der Waals surface area contributed by atoms with Gasteiger partial charge in [-0.2, -0.15) is 0 Å². The van der Waals surface area contributed by atoms with Gasteiger partial charge in [-0.15, -0.1) is 0 Å². The number of nitrogens with one attached hydrogen (secondary N) is 2. The fourth-order valence-electron chi connectivity index (χ4n) is 4.62. The molecule has 2 aromatic heterocycles. The van der Waals surface area contributed by atoms with Gasteiger partial charge in [-0.25, -0.2) is 4.79 Å². The van der Waals surface area contributed by atoms with Crippen molar-refractivity contribution in [2.75, 3.05) is 0 Å². The molecule has 5 rings (SSSR count). The maximum atomic E-state index is 12.8. The highest BCUT2D eigenvalue weighted by atomic mass is 79.9. The van der Waals surface area contributed by atoms with E-state index in [-0.39, 0.29) is 5.56 Å². The minimum Gasteiger partial charge on any atom is -0.454 e. The summed E-state index contributed by atoms with van der Waals surface area (Å²) in [5.41, 5.74) is 2.84. The zero-order chi connectivity index (χ0) is 24.8. The third kappa shape index (κ3) is 4.41. The molecule has 4 aromatic rings. The Hall–Kier alpha value is -3.32. The lowest BCUT2D eigenvalue weighted by Crippen LogP contribution is -2.52. The van der Waals surface area contributed by atoms with E-state index in [9.17, 15) is 9.59 Å². The Bertz CT molecular complexity index is 1440. The monoisotopic (exact) mass is 534 g/mol. The molecule has 180 valence electrons. The highest BCUT2D eigenvalue weighted by Crippen LogP contribution is 2.44. The van der Waals surface area contributed by atoms with Crippen LogP contribution in [0.2, 0.25) is 0 Å². The Morgan fingerprint density at radius 1 is 1.06 bits per heavy atom. The molecule has 2 aromatic carbocycles. The van der Waals surface area contributed by atoms with Gasteiger partial charge in [-0.05, 0) is 67.1 Å². The maximum absolute atomic E-state index is 12.8. The van der Waals surface area contributed by atoms with Crippen molar-refractivity contribution >= 4 is 33.0 Å². The van der Waals surface area contributed by atoms with Gasteiger partial charge in [-0.1, -0.05) is 54.6 Å². The van der Waals surface area contributed by atoms with Gasteiger partial charge in [0.2, 0.25) is 0 Å². The molecule has 6 nitrogen and oxygen atoms in total. The number of amides is 1. The molecule has 0 atom stereocenters. The number of carbonyl (C=O) groups is 1. The second-order valence-electron chi connectivity index (χ2n) is 9.98. The number of alkyl carbamates (subject to hydrolysis) is 1. The zero-order valence-corrected chi connectivity index (χ0v) is 21.5. The van der Waals surface area contributed by atoms with Gasteiger partial charge in [0.05, 0.1) is 15.4 Å². The smallest absolute Gasteiger partial charge is 0.408 e. The number of aromatic amines is 1. The molecule has 0 aliphatic heterocycles. The molecule has 0 unspecified atom stereocenters. The maximum Gasteiger partial charge on any atom is 0.408 e. The number of fused-ring (bicyclic) bond motifs is 1. The van der Waals surface area contributed by atoms with E-state index in [2.05, 4.69) is 26.2 Å². The van der Waals surface area contributed by atoms with E-state index in [1.807, 2.05) is 75.4 Å². The van der Waals surface area contributed by atoms with Gasteiger partial charge in [-0.3, -0.25) is 4.79 Å². The van der Waals surface area contributed by atoms with Crippen molar-refractivity contribution in [3.8, 4) is 22.5 Å². The molecule has 2 heterocycles. The van der Waals surface area contributed by atoms with Gasteiger partial charge in [0.25, 0.3) is 5.56 Å². The Labute approximate surface area is 211 Å². The molecule has 1 fully saturated rings. The van der Waals surface area contributed by atoms with Crippen molar-refractivity contribution in [3.63, 3.8) is 0 Å². The second-order valence-corrected chi connectivity index (χ2v) is 10.8. The lowest BCUT2D eigenvalue weighted by atomic mass is 9.71. The van der Waals surface area contributed by atoms with Gasteiger partial charge in [0, 0.05) is 17.3 Å². The standard InChI is InChI=1S/C28H27BrN2O4/c1-27(2,3)35-26(33)31-28(14-7-15-28)19-12-10-18(11-13-19)23-21(17-8-5-4-6-9-17)22-24(34-23)20(29)16-30-25(22)32/h4-6,8-13,16H,7,14-15H2,1-3H3,(H,30,32)(H,31,33). The zero-order valence-electron chi connectivity index (χ0n) is 19.9. The van der Waals surface area contributed by atoms with Crippen LogP contribution >= 0.6 is 15.9 Å². The van der Waals surface area contributed by atoms with Gasteiger partial charge >= 0.3 is 6.09 Å². The summed E-state index contributed by atoms with van der Waals surface area (Å²) >= 11 is 3.51. The van der Waals surface area contributed by atoms with Crippen LogP contribution in [0.3, 0.4) is 0 Å². The molecular formula is C28H27BrN2O4. The number of hydrogen-bond donors (Lipinski definition) is 2. The molecule has 1 aliphatic rings. The Kier molecular flexibility index (Phi) is 5.83. The number of rotatable bonds is 4. The number of H-pyrrole nitrogens is 1. The van der Waals surface area contributed by atoms with Crippen LogP contribution in [0.1, 0.15) is 45.6 Å². The van der Waals surface area contributed by atoms with Crippen LogP contribution < -0.4 is 10.9 Å². The first-order chi connectivity index (χ1) is 16.7. The number of pyridine rings is 1. The van der Waals surface area contributed by atoms with Crippen molar-refractivity contribution in [2.45, 2.75) is 51.2 Å². The molecule has 1 aliphatic carbocycles. The molecule has 0 saturated heterocycles. The normalized spacial score (nSPS) is 15.0. The first-order valence-corrected chi connectivity index (χ1v) is 12.5. The number of carbonyl (C=O) groups excluding carboxylic acids is 1. The molecule has 35 heavy (non-hydrogen) atoms. The van der Waals surface area contributed by atoms with E-state index >= 15 is 0 Å². The number of ether oxygens (including phenoxy) is 1. The van der Waals surface area contributed by atoms with E-state index in [4.69, 9.17) is 9.15 Å². The fourth-order valence-corrected chi connectivity index (χ4v) is 5.02. The largest absolute Gasteiger partial charge is 0.454 e. The van der Waals surface area contributed by atoms with Crippen molar-refractivity contribution in [1.29, 1.82) is 0 Å². The van der Waals surface area contributed by atoms with Crippen molar-refractivity contribution < 1.29 is 13.9 Å². The quantitative estimate of drug-likeness (QED) is 0.291. The van der Waals surface area contributed by atoms with Gasteiger partial charge in [0.15, 0.2) is 5.58 Å². The van der Waals surface area contributed by atoms with Crippen LogP contribution in [0.5, 0.6) is 0 Å². The van der Waals surface area contributed by atoms with Gasteiger partial charge in [0.1, 0.15) is 11.4 Å². The third-order valence-electron chi connectivity index (χ3n) is 6.39. The Morgan fingerprint density at radius 2 is 1.74 bits per heavy atom. The molecule has 0 radical (unpaired) electrons. The third-order valence-corrected chi connectivity index (χ3v) is 6.98. The molecule has 0 bridgehead atoms. The summed E-state index contributed by atoms with van der Waals surface area (Å²) in [5, 5.41) is 3.61. The first-order valence-electron chi connectivity index (χ1n) is 11.7. The van der Waals surface area contributed by atoms with Crippen LogP contribution in [0.15, 0.2) is 74.5 Å². The Morgan fingerprint density at radius 3 is 2.34 bits per heavy atom. The van der Waals surface area contributed by atoms with E-state index < -0.39 is 17.2 Å². The fraction of sp³-hybridized carbons (Fsp3) is 0.286. The summed E-state index contributed by atoms with van der Waals surface area (Å²) in [7, 11) is 0. The lowest BCUT2D eigenvalue weighted by molar-refractivity contribution is 0.0377. The summed E-state index contributed by atoms with van der Waals surface area (Å²) in [4.78, 5) is 28.1. The molecule has 1 saturated carbocycles. The average Bonchev–Trinajstić information content (AvgIpc) is 3.20. The topological polar surface area (TPSA) is 84.3 Å². The first kappa shape index (κ1) is 23.4. The number of benzene rings is 2.